The van der Waals surface area contributed by atoms with Crippen molar-refractivity contribution in [3.05, 3.63) is 77.1 Å². The van der Waals surface area contributed by atoms with Crippen LogP contribution in [0.15, 0.2) is 65.8 Å². The van der Waals surface area contributed by atoms with Crippen LogP contribution in [0.3, 0.4) is 0 Å². The molecule has 12 nitrogen and oxygen atoms in total. The Bertz CT molecular complexity index is 1800. The molecule has 5 N–H and O–H groups in total. The minimum absolute atomic E-state index is 0.0147. The Balaban J connectivity index is 1.03. The molecule has 14 heteroatoms. The average Bonchev–Trinajstić information content (AvgIpc) is 4.06. The fraction of sp³-hybridized carbons (Fsp3) is 0.514. The first kappa shape index (κ1) is 37.8. The minimum atomic E-state index is -3.82. The highest BCUT2D eigenvalue weighted by molar-refractivity contribution is 7.89. The Morgan fingerprint density at radius 1 is 0.980 bits per heavy atom. The number of ether oxygens (including phenoxy) is 2. The van der Waals surface area contributed by atoms with Crippen LogP contribution in [0.1, 0.15) is 62.5 Å². The van der Waals surface area contributed by atoms with E-state index in [1.807, 2.05) is 36.5 Å². The Hall–Kier alpha value is -2.98. The van der Waals surface area contributed by atoms with Gasteiger partial charge in [-0.15, -0.1) is 0 Å². The predicted octanol–water partition coefficient (Wildman–Crippen LogP) is 3.34. The van der Waals surface area contributed by atoms with E-state index in [9.17, 15) is 33.6 Å². The average molecular weight is 745 g/mol. The van der Waals surface area contributed by atoms with E-state index < -0.39 is 46.6 Å². The molecule has 1 aromatic heterocycles. The van der Waals surface area contributed by atoms with Crippen molar-refractivity contribution in [1.82, 2.24) is 9.29 Å². The van der Waals surface area contributed by atoms with Gasteiger partial charge < -0.3 is 35.0 Å². The number of halogens is 1. The number of ketones is 1. The fourth-order valence-electron chi connectivity index (χ4n) is 6.38. The van der Waals surface area contributed by atoms with Crippen molar-refractivity contribution in [1.29, 1.82) is 0 Å². The number of pyridine rings is 1. The number of aliphatic hydroxyl groups is 5. The third-order valence-corrected chi connectivity index (χ3v) is 12.2. The van der Waals surface area contributed by atoms with Crippen LogP contribution in [0.2, 0.25) is 5.02 Å². The third-order valence-electron chi connectivity index (χ3n) is 9.97. The van der Waals surface area contributed by atoms with Crippen molar-refractivity contribution in [2.24, 2.45) is 5.92 Å². The Morgan fingerprint density at radius 3 is 2.41 bits per heavy atom. The molecular formula is C37H45ClN2O10S. The first-order chi connectivity index (χ1) is 24.4. The van der Waals surface area contributed by atoms with Gasteiger partial charge in [0.1, 0.15) is 29.8 Å². The second-order valence-electron chi connectivity index (χ2n) is 13.9. The highest BCUT2D eigenvalue weighted by atomic mass is 35.5. The summed E-state index contributed by atoms with van der Waals surface area (Å²) in [6.07, 6.45) is 1.42. The number of carbonyl (C=O) groups is 1. The number of sulfonamides is 1. The molecule has 4 atom stereocenters. The van der Waals surface area contributed by atoms with Crippen LogP contribution in [0.25, 0.3) is 11.1 Å². The zero-order chi connectivity index (χ0) is 36.3. The number of hydrogen-bond donors (Lipinski definition) is 5. The molecule has 0 unspecified atom stereocenters. The monoisotopic (exact) mass is 744 g/mol. The van der Waals surface area contributed by atoms with Crippen LogP contribution in [0, 0.1) is 5.92 Å². The smallest absolute Gasteiger partial charge is 0.243 e. The topological polar surface area (TPSA) is 187 Å². The summed E-state index contributed by atoms with van der Waals surface area (Å²) in [5, 5.41) is 48.5. The highest BCUT2D eigenvalue weighted by Gasteiger charge is 2.48. The molecule has 3 fully saturated rings. The zero-order valence-corrected chi connectivity index (χ0v) is 29.8. The SMILES string of the molecule is O=C(CCC1CN(S(=O)(=O)c2ccc(Cl)c(COC3(c4cnccc4-c4ccccc4OC4CC4)CC3)c2)C1)CC[C@H](O)[C@@H](O)[C@H](O)[C@H](O)CO. The zero-order valence-electron chi connectivity index (χ0n) is 28.2. The van der Waals surface area contributed by atoms with Crippen LogP contribution >= 0.6 is 11.6 Å². The second kappa shape index (κ2) is 15.9. The normalized spacial score (nSPS) is 19.9. The van der Waals surface area contributed by atoms with Crippen LogP contribution in [0.5, 0.6) is 5.75 Å². The summed E-state index contributed by atoms with van der Waals surface area (Å²) in [7, 11) is -3.82. The quantitative estimate of drug-likeness (QED) is 0.121. The number of aliphatic hydroxyl groups excluding tert-OH is 5. The number of Topliss-reactive ketones (excluding diaryl/α,β-unsaturated/α-hetero) is 1. The maximum atomic E-state index is 13.5. The molecule has 2 aliphatic carbocycles. The van der Waals surface area contributed by atoms with Crippen LogP contribution in [0.4, 0.5) is 0 Å². The molecule has 276 valence electrons. The molecule has 3 aliphatic rings. The van der Waals surface area contributed by atoms with Gasteiger partial charge in [-0.05, 0) is 85.9 Å². The molecule has 0 radical (unpaired) electrons. The molecule has 2 heterocycles. The maximum absolute atomic E-state index is 13.5. The van der Waals surface area contributed by atoms with Crippen LogP contribution in [-0.2, 0) is 31.8 Å². The molecule has 1 aliphatic heterocycles. The number of carbonyl (C=O) groups excluding carboxylic acids is 1. The summed E-state index contributed by atoms with van der Waals surface area (Å²) < 4.78 is 41.2. The molecule has 2 saturated carbocycles. The van der Waals surface area contributed by atoms with Gasteiger partial charge in [0.05, 0.1) is 35.9 Å². The van der Waals surface area contributed by atoms with Gasteiger partial charge in [0.2, 0.25) is 10.0 Å². The Kier molecular flexibility index (Phi) is 11.8. The second-order valence-corrected chi connectivity index (χ2v) is 16.2. The molecular weight excluding hydrogens is 700 g/mol. The van der Waals surface area contributed by atoms with E-state index in [1.165, 1.54) is 10.4 Å². The van der Waals surface area contributed by atoms with Crippen LogP contribution < -0.4 is 4.74 Å². The summed E-state index contributed by atoms with van der Waals surface area (Å²) in [5.41, 5.74) is 2.89. The standard InChI is InChI=1S/C37H45ClN2O10S/c38-31-11-10-27(51(47,48)40-19-23(20-40)5-6-25(42)7-12-32(43)35(45)36(46)33(44)21-41)17-24(31)22-49-37(14-15-37)30-18-39-16-13-28(30)29-3-1-2-4-34(29)50-26-8-9-26/h1-4,10-11,13,16-18,23,26,32-33,35-36,41,43-46H,5-9,12,14-15,19-22H2/t32-,33+,35+,36+/m0/s1. The Labute approximate surface area is 302 Å². The van der Waals surface area contributed by atoms with Crippen molar-refractivity contribution in [2.75, 3.05) is 19.7 Å². The van der Waals surface area contributed by atoms with Crippen LogP contribution in [-0.4, -0.2) is 99.2 Å². The summed E-state index contributed by atoms with van der Waals surface area (Å²) in [6.45, 7) is -0.161. The molecule has 0 bridgehead atoms. The summed E-state index contributed by atoms with van der Waals surface area (Å²) >= 11 is 6.55. The minimum Gasteiger partial charge on any atom is -0.490 e. The van der Waals surface area contributed by atoms with Gasteiger partial charge in [0.25, 0.3) is 0 Å². The number of rotatable bonds is 19. The van der Waals surface area contributed by atoms with E-state index >= 15 is 0 Å². The van der Waals surface area contributed by atoms with E-state index in [2.05, 4.69) is 4.98 Å². The van der Waals surface area contributed by atoms with E-state index in [4.69, 9.17) is 26.2 Å². The van der Waals surface area contributed by atoms with Crippen molar-refractivity contribution in [3.8, 4) is 16.9 Å². The molecule has 6 rings (SSSR count). The predicted molar refractivity (Wildman–Crippen MR) is 187 cm³/mol. The van der Waals surface area contributed by atoms with E-state index in [1.54, 1.807) is 18.3 Å². The third kappa shape index (κ3) is 8.81. The fourth-order valence-corrected chi connectivity index (χ4v) is 8.19. The number of aromatic nitrogens is 1. The van der Waals surface area contributed by atoms with Gasteiger partial charge in [0.15, 0.2) is 0 Å². The highest BCUT2D eigenvalue weighted by Crippen LogP contribution is 2.53. The molecule has 2 aromatic carbocycles. The Morgan fingerprint density at radius 2 is 1.71 bits per heavy atom. The lowest BCUT2D eigenvalue weighted by atomic mass is 9.93. The maximum Gasteiger partial charge on any atom is 0.243 e. The summed E-state index contributed by atoms with van der Waals surface area (Å²) in [6, 6.07) is 14.5. The summed E-state index contributed by atoms with van der Waals surface area (Å²) in [4.78, 5) is 16.9. The number of nitrogens with zero attached hydrogens (tertiary/aromatic N) is 2. The van der Waals surface area contributed by atoms with Gasteiger partial charge in [-0.25, -0.2) is 8.42 Å². The lowest BCUT2D eigenvalue weighted by Crippen LogP contribution is -2.49. The lowest BCUT2D eigenvalue weighted by Gasteiger charge is -2.38. The number of benzene rings is 2. The van der Waals surface area contributed by atoms with Gasteiger partial charge in [-0.1, -0.05) is 29.8 Å². The van der Waals surface area contributed by atoms with Crippen molar-refractivity contribution in [2.45, 2.75) is 99.0 Å². The van der Waals surface area contributed by atoms with Crippen molar-refractivity contribution >= 4 is 27.4 Å². The number of hydrogen-bond acceptors (Lipinski definition) is 11. The first-order valence-electron chi connectivity index (χ1n) is 17.4. The lowest BCUT2D eigenvalue weighted by molar-refractivity contribution is -0.125. The molecule has 1 saturated heterocycles. The van der Waals surface area contributed by atoms with Gasteiger partial charge in [-0.2, -0.15) is 4.31 Å². The first-order valence-corrected chi connectivity index (χ1v) is 19.2. The van der Waals surface area contributed by atoms with Gasteiger partial charge >= 0.3 is 0 Å². The molecule has 0 spiro atoms. The summed E-state index contributed by atoms with van der Waals surface area (Å²) in [5.74, 6) is 0.637. The largest absolute Gasteiger partial charge is 0.490 e. The van der Waals surface area contributed by atoms with Gasteiger partial charge in [-0.3, -0.25) is 9.78 Å². The van der Waals surface area contributed by atoms with Gasteiger partial charge in [0, 0.05) is 54.5 Å². The molecule has 0 amide bonds. The van der Waals surface area contributed by atoms with E-state index in [0.29, 0.717) is 17.0 Å². The van der Waals surface area contributed by atoms with E-state index in [0.717, 1.165) is 48.1 Å². The van der Waals surface area contributed by atoms with Crippen molar-refractivity contribution < 1.29 is 48.2 Å². The molecule has 3 aromatic rings. The van der Waals surface area contributed by atoms with E-state index in [-0.39, 0.29) is 61.7 Å². The van der Waals surface area contributed by atoms with Crippen molar-refractivity contribution in [3.63, 3.8) is 0 Å². The number of para-hydroxylation sites is 1. The molecule has 51 heavy (non-hydrogen) atoms.